The molecule has 0 aromatic heterocycles. The number of anilines is 1. The number of hydrogen-bond acceptors (Lipinski definition) is 2. The van der Waals surface area contributed by atoms with E-state index in [2.05, 4.69) is 40.5 Å². The Bertz CT molecular complexity index is 951. The monoisotopic (exact) mass is 312 g/mol. The second-order valence-corrected chi connectivity index (χ2v) is 6.29. The van der Waals surface area contributed by atoms with E-state index in [1.54, 1.807) is 0 Å². The number of fused-ring (bicyclic) bond motifs is 5. The summed E-state index contributed by atoms with van der Waals surface area (Å²) in [5.74, 6) is -0.0255. The summed E-state index contributed by atoms with van der Waals surface area (Å²) in [5.41, 5.74) is 4.57. The third-order valence-electron chi connectivity index (χ3n) is 5.07. The van der Waals surface area contributed by atoms with Crippen LogP contribution in [0.2, 0.25) is 0 Å². The predicted octanol–water partition coefficient (Wildman–Crippen LogP) is 3.65. The number of para-hydroxylation sites is 1. The summed E-state index contributed by atoms with van der Waals surface area (Å²) in [6.45, 7) is 0.780. The van der Waals surface area contributed by atoms with E-state index in [1.165, 1.54) is 5.56 Å². The lowest BCUT2D eigenvalue weighted by Crippen LogP contribution is -2.59. The van der Waals surface area contributed by atoms with Crippen molar-refractivity contribution in [2.75, 3.05) is 4.90 Å². The van der Waals surface area contributed by atoms with Crippen molar-refractivity contribution < 1.29 is 4.79 Å². The third-order valence-corrected chi connectivity index (χ3v) is 5.07. The summed E-state index contributed by atoms with van der Waals surface area (Å²) in [6, 6.07) is 26.4. The highest BCUT2D eigenvalue weighted by atomic mass is 16.2. The lowest BCUT2D eigenvalue weighted by Gasteiger charge is -2.45. The van der Waals surface area contributed by atoms with Crippen LogP contribution in [0.15, 0.2) is 78.9 Å². The van der Waals surface area contributed by atoms with Gasteiger partial charge in [0.25, 0.3) is 5.91 Å². The minimum Gasteiger partial charge on any atom is -0.336 e. The van der Waals surface area contributed by atoms with E-state index >= 15 is 0 Å². The van der Waals surface area contributed by atoms with Gasteiger partial charge in [0.2, 0.25) is 0 Å². The molecular weight excluding hydrogens is 296 g/mol. The highest BCUT2D eigenvalue weighted by Crippen LogP contribution is 2.48. The Balaban J connectivity index is 1.85. The first-order valence-electron chi connectivity index (χ1n) is 8.14. The van der Waals surface area contributed by atoms with Crippen molar-refractivity contribution in [3.05, 3.63) is 101 Å². The zero-order chi connectivity index (χ0) is 16.1. The second kappa shape index (κ2) is 4.71. The molecule has 0 fully saturated rings. The first-order chi connectivity index (χ1) is 11.8. The van der Waals surface area contributed by atoms with Gasteiger partial charge >= 0.3 is 0 Å². The zero-order valence-electron chi connectivity index (χ0n) is 13.1. The third kappa shape index (κ3) is 1.59. The van der Waals surface area contributed by atoms with Crippen molar-refractivity contribution in [1.29, 1.82) is 0 Å². The van der Waals surface area contributed by atoms with Crippen molar-refractivity contribution in [3.8, 4) is 0 Å². The summed E-state index contributed by atoms with van der Waals surface area (Å²) < 4.78 is 0. The Labute approximate surface area is 140 Å². The molecule has 2 aliphatic rings. The molecule has 3 heteroatoms. The summed E-state index contributed by atoms with van der Waals surface area (Å²) in [7, 11) is 0. The Morgan fingerprint density at radius 1 is 0.833 bits per heavy atom. The van der Waals surface area contributed by atoms with Crippen molar-refractivity contribution in [2.24, 2.45) is 0 Å². The molecule has 0 saturated heterocycles. The molecule has 3 aromatic carbocycles. The van der Waals surface area contributed by atoms with E-state index in [0.717, 1.165) is 28.9 Å². The molecular formula is C21H16N2O. The fraction of sp³-hybridized carbons (Fsp3) is 0.0952. The van der Waals surface area contributed by atoms with Gasteiger partial charge in [0, 0.05) is 17.7 Å². The number of benzene rings is 3. The second-order valence-electron chi connectivity index (χ2n) is 6.29. The van der Waals surface area contributed by atoms with Gasteiger partial charge in [0.15, 0.2) is 5.66 Å². The molecule has 2 heterocycles. The molecule has 2 aliphatic heterocycles. The van der Waals surface area contributed by atoms with Crippen molar-refractivity contribution in [3.63, 3.8) is 0 Å². The standard InChI is InChI=1S/C21H16N2O/c24-20-17-11-5-7-13-19(17)23-14-15-8-4-6-12-18(15)21(23,22-20)16-9-2-1-3-10-16/h1-13H,14H2,(H,22,24). The molecule has 1 N–H and O–H groups in total. The SMILES string of the molecule is O=C1NC2(c3ccccc3)c3ccccc3CN2c2ccccc21. The summed E-state index contributed by atoms with van der Waals surface area (Å²) in [6.07, 6.45) is 0. The van der Waals surface area contributed by atoms with Gasteiger partial charge in [0.1, 0.15) is 0 Å². The quantitative estimate of drug-likeness (QED) is 0.744. The largest absolute Gasteiger partial charge is 0.336 e. The molecule has 3 aromatic rings. The molecule has 0 saturated carbocycles. The van der Waals surface area contributed by atoms with Crippen LogP contribution in [0.5, 0.6) is 0 Å². The molecule has 5 rings (SSSR count). The van der Waals surface area contributed by atoms with Crippen LogP contribution in [0.4, 0.5) is 5.69 Å². The molecule has 0 aliphatic carbocycles. The summed E-state index contributed by atoms with van der Waals surface area (Å²) in [4.78, 5) is 15.2. The van der Waals surface area contributed by atoms with Crippen LogP contribution in [-0.4, -0.2) is 5.91 Å². The smallest absolute Gasteiger partial charge is 0.255 e. The maximum absolute atomic E-state index is 12.9. The van der Waals surface area contributed by atoms with E-state index in [1.807, 2.05) is 48.5 Å². The lowest BCUT2D eigenvalue weighted by molar-refractivity contribution is 0.0901. The van der Waals surface area contributed by atoms with Crippen molar-refractivity contribution in [1.82, 2.24) is 5.32 Å². The van der Waals surface area contributed by atoms with Crippen LogP contribution >= 0.6 is 0 Å². The van der Waals surface area contributed by atoms with Gasteiger partial charge in [-0.3, -0.25) is 4.79 Å². The minimum absolute atomic E-state index is 0.0255. The van der Waals surface area contributed by atoms with E-state index in [4.69, 9.17) is 0 Å². The van der Waals surface area contributed by atoms with Gasteiger partial charge in [-0.2, -0.15) is 0 Å². The predicted molar refractivity (Wildman–Crippen MR) is 93.8 cm³/mol. The fourth-order valence-corrected chi connectivity index (χ4v) is 4.04. The zero-order valence-corrected chi connectivity index (χ0v) is 13.1. The van der Waals surface area contributed by atoms with Gasteiger partial charge < -0.3 is 10.2 Å². The highest BCUT2D eigenvalue weighted by molar-refractivity contribution is 6.03. The van der Waals surface area contributed by atoms with E-state index in [9.17, 15) is 4.79 Å². The molecule has 1 amide bonds. The van der Waals surface area contributed by atoms with E-state index in [-0.39, 0.29) is 5.91 Å². The van der Waals surface area contributed by atoms with Crippen molar-refractivity contribution >= 4 is 11.6 Å². The number of carbonyl (C=O) groups excluding carboxylic acids is 1. The fourth-order valence-electron chi connectivity index (χ4n) is 4.04. The van der Waals surface area contributed by atoms with E-state index < -0.39 is 5.66 Å². The maximum Gasteiger partial charge on any atom is 0.255 e. The van der Waals surface area contributed by atoms with Crippen LogP contribution < -0.4 is 10.2 Å². The summed E-state index contributed by atoms with van der Waals surface area (Å²) >= 11 is 0. The van der Waals surface area contributed by atoms with Crippen LogP contribution in [0.1, 0.15) is 27.0 Å². The lowest BCUT2D eigenvalue weighted by atomic mass is 9.88. The molecule has 3 nitrogen and oxygen atoms in total. The Morgan fingerprint density at radius 2 is 1.54 bits per heavy atom. The first kappa shape index (κ1) is 13.4. The molecule has 116 valence electrons. The number of nitrogens with zero attached hydrogens (tertiary/aromatic N) is 1. The molecule has 0 radical (unpaired) electrons. The van der Waals surface area contributed by atoms with Gasteiger partial charge in [-0.15, -0.1) is 0 Å². The Morgan fingerprint density at radius 3 is 2.42 bits per heavy atom. The average molecular weight is 312 g/mol. The maximum atomic E-state index is 12.9. The number of hydrogen-bond donors (Lipinski definition) is 1. The summed E-state index contributed by atoms with van der Waals surface area (Å²) in [5, 5.41) is 3.31. The number of carbonyl (C=O) groups is 1. The topological polar surface area (TPSA) is 32.3 Å². The van der Waals surface area contributed by atoms with Gasteiger partial charge in [-0.1, -0.05) is 66.7 Å². The minimum atomic E-state index is -0.636. The van der Waals surface area contributed by atoms with Gasteiger partial charge in [-0.25, -0.2) is 0 Å². The van der Waals surface area contributed by atoms with Crippen LogP contribution in [0, 0.1) is 0 Å². The Hall–Kier alpha value is -3.07. The molecule has 24 heavy (non-hydrogen) atoms. The average Bonchev–Trinajstić information content (AvgIpc) is 2.99. The molecule has 1 unspecified atom stereocenters. The van der Waals surface area contributed by atoms with Crippen LogP contribution in [0.25, 0.3) is 0 Å². The highest BCUT2D eigenvalue weighted by Gasteiger charge is 2.51. The van der Waals surface area contributed by atoms with Gasteiger partial charge in [-0.05, 0) is 17.7 Å². The number of amides is 1. The molecule has 0 bridgehead atoms. The van der Waals surface area contributed by atoms with Crippen molar-refractivity contribution in [2.45, 2.75) is 12.2 Å². The van der Waals surface area contributed by atoms with Gasteiger partial charge in [0.05, 0.1) is 11.3 Å². The molecule has 0 spiro atoms. The van der Waals surface area contributed by atoms with Crippen LogP contribution in [-0.2, 0) is 12.2 Å². The molecule has 1 atom stereocenters. The number of nitrogens with one attached hydrogen (secondary N) is 1. The first-order valence-corrected chi connectivity index (χ1v) is 8.14. The normalized spacial score (nSPS) is 20.8. The Kier molecular flexibility index (Phi) is 2.63. The van der Waals surface area contributed by atoms with Crippen LogP contribution in [0.3, 0.4) is 0 Å². The number of rotatable bonds is 1. The van der Waals surface area contributed by atoms with E-state index in [0.29, 0.717) is 0 Å².